The Kier molecular flexibility index (Phi) is 5.95. The summed E-state index contributed by atoms with van der Waals surface area (Å²) < 4.78 is 0. The molecule has 0 saturated heterocycles. The Morgan fingerprint density at radius 1 is 1.20 bits per heavy atom. The van der Waals surface area contributed by atoms with Crippen LogP contribution in [0.25, 0.3) is 0 Å². The molecule has 0 bridgehead atoms. The zero-order chi connectivity index (χ0) is 14.2. The molecule has 2 rings (SSSR count). The quantitative estimate of drug-likeness (QED) is 0.821. The van der Waals surface area contributed by atoms with Gasteiger partial charge in [-0.2, -0.15) is 0 Å². The Hall–Kier alpha value is -1.46. The summed E-state index contributed by atoms with van der Waals surface area (Å²) in [4.78, 5) is 17.2. The monoisotopic (exact) mass is 304 g/mol. The van der Waals surface area contributed by atoms with Crippen molar-refractivity contribution < 1.29 is 4.79 Å². The summed E-state index contributed by atoms with van der Waals surface area (Å²) in [7, 11) is 0. The van der Waals surface area contributed by atoms with Crippen LogP contribution in [0, 0.1) is 0 Å². The van der Waals surface area contributed by atoms with E-state index >= 15 is 0 Å². The average Bonchev–Trinajstić information content (AvgIpc) is 2.49. The first-order valence-electron chi connectivity index (χ1n) is 6.26. The summed E-state index contributed by atoms with van der Waals surface area (Å²) in [5, 5.41) is 3.90. The third-order valence-corrected chi connectivity index (χ3v) is 4.34. The lowest BCUT2D eigenvalue weighted by Crippen LogP contribution is -2.12. The molecule has 1 amide bonds. The summed E-state index contributed by atoms with van der Waals surface area (Å²) in [5.41, 5.74) is 0.882. The molecule has 0 aliphatic rings. The molecule has 0 atom stereocenters. The molecule has 0 spiro atoms. The van der Waals surface area contributed by atoms with Crippen LogP contribution in [-0.2, 0) is 4.79 Å². The zero-order valence-electron chi connectivity index (χ0n) is 11.2. The Bertz CT molecular complexity index is 561. The second-order valence-corrected chi connectivity index (χ2v) is 5.98. The van der Waals surface area contributed by atoms with Gasteiger partial charge in [-0.25, -0.2) is 4.98 Å². The van der Waals surface area contributed by atoms with E-state index < -0.39 is 0 Å². The molecule has 1 aromatic heterocycles. The molecular formula is C15H16N2OS2. The van der Waals surface area contributed by atoms with Crippen LogP contribution in [0.4, 0.5) is 5.69 Å². The van der Waals surface area contributed by atoms with Crippen molar-refractivity contribution in [3.05, 3.63) is 48.7 Å². The number of para-hydroxylation sites is 1. The molecule has 0 fully saturated rings. The number of nitrogens with one attached hydrogen (secondary N) is 1. The second-order valence-electron chi connectivity index (χ2n) is 4.01. The van der Waals surface area contributed by atoms with Gasteiger partial charge in [-0.1, -0.05) is 18.2 Å². The number of thioether (sulfide) groups is 2. The summed E-state index contributed by atoms with van der Waals surface area (Å²) >= 11 is 3.22. The number of carbonyl (C=O) groups excluding carboxylic acids is 1. The molecule has 0 saturated carbocycles. The molecule has 0 aliphatic heterocycles. The van der Waals surface area contributed by atoms with E-state index in [2.05, 4.69) is 10.3 Å². The van der Waals surface area contributed by atoms with Gasteiger partial charge in [0, 0.05) is 23.3 Å². The first-order valence-corrected chi connectivity index (χ1v) is 8.47. The largest absolute Gasteiger partial charge is 0.325 e. The van der Waals surface area contributed by atoms with E-state index in [-0.39, 0.29) is 5.91 Å². The van der Waals surface area contributed by atoms with Crippen molar-refractivity contribution in [2.45, 2.75) is 16.3 Å². The van der Waals surface area contributed by atoms with Crippen LogP contribution < -0.4 is 5.32 Å². The molecule has 0 unspecified atom stereocenters. The minimum Gasteiger partial charge on any atom is -0.325 e. The molecule has 1 N–H and O–H groups in total. The average molecular weight is 304 g/mol. The minimum absolute atomic E-state index is 0.0370. The van der Waals surface area contributed by atoms with Crippen LogP contribution >= 0.6 is 23.5 Å². The van der Waals surface area contributed by atoms with E-state index in [4.69, 9.17) is 0 Å². The van der Waals surface area contributed by atoms with E-state index in [1.165, 1.54) is 0 Å². The van der Waals surface area contributed by atoms with Gasteiger partial charge in [-0.3, -0.25) is 4.79 Å². The Morgan fingerprint density at radius 2 is 2.00 bits per heavy atom. The van der Waals surface area contributed by atoms with Crippen LogP contribution in [0.2, 0.25) is 0 Å². The van der Waals surface area contributed by atoms with Gasteiger partial charge >= 0.3 is 0 Å². The molecule has 2 aromatic rings. The second kappa shape index (κ2) is 7.97. The lowest BCUT2D eigenvalue weighted by atomic mass is 10.3. The molecule has 1 heterocycles. The summed E-state index contributed by atoms with van der Waals surface area (Å²) in [6.45, 7) is 0. The summed E-state index contributed by atoms with van der Waals surface area (Å²) in [6, 6.07) is 13.6. The molecular weight excluding hydrogens is 288 g/mol. The van der Waals surface area contributed by atoms with Crippen LogP contribution in [0.1, 0.15) is 6.42 Å². The number of nitrogens with zero attached hydrogens (tertiary/aromatic N) is 1. The van der Waals surface area contributed by atoms with E-state index in [1.807, 2.05) is 48.7 Å². The SMILES string of the molecule is CSc1ccccc1NC(=O)CCSc1ccccn1. The van der Waals surface area contributed by atoms with Crippen LogP contribution in [-0.4, -0.2) is 22.9 Å². The van der Waals surface area contributed by atoms with E-state index in [0.717, 1.165) is 21.4 Å². The number of hydrogen-bond acceptors (Lipinski definition) is 4. The Balaban J connectivity index is 1.81. The fourth-order valence-electron chi connectivity index (χ4n) is 1.64. The van der Waals surface area contributed by atoms with Crippen molar-refractivity contribution >= 4 is 35.1 Å². The Morgan fingerprint density at radius 3 is 2.75 bits per heavy atom. The van der Waals surface area contributed by atoms with Crippen LogP contribution in [0.5, 0.6) is 0 Å². The lowest BCUT2D eigenvalue weighted by molar-refractivity contribution is -0.115. The van der Waals surface area contributed by atoms with Gasteiger partial charge in [0.2, 0.25) is 5.91 Å². The smallest absolute Gasteiger partial charge is 0.225 e. The normalized spacial score (nSPS) is 10.2. The van der Waals surface area contributed by atoms with Gasteiger partial charge in [-0.05, 0) is 30.5 Å². The Labute approximate surface area is 127 Å². The maximum absolute atomic E-state index is 11.9. The third-order valence-electron chi connectivity index (χ3n) is 2.60. The van der Waals surface area contributed by atoms with Crippen molar-refractivity contribution in [2.24, 2.45) is 0 Å². The number of amides is 1. The number of pyridine rings is 1. The fraction of sp³-hybridized carbons (Fsp3) is 0.200. The third kappa shape index (κ3) is 4.58. The number of aromatic nitrogens is 1. The van der Waals surface area contributed by atoms with E-state index in [9.17, 15) is 4.79 Å². The van der Waals surface area contributed by atoms with Crippen molar-refractivity contribution in [3.8, 4) is 0 Å². The van der Waals surface area contributed by atoms with Gasteiger partial charge < -0.3 is 5.32 Å². The lowest BCUT2D eigenvalue weighted by Gasteiger charge is -2.08. The van der Waals surface area contributed by atoms with Crippen molar-refractivity contribution in [1.29, 1.82) is 0 Å². The topological polar surface area (TPSA) is 42.0 Å². The number of rotatable bonds is 6. The molecule has 3 nitrogen and oxygen atoms in total. The van der Waals surface area contributed by atoms with Crippen LogP contribution in [0.15, 0.2) is 58.6 Å². The first-order chi connectivity index (χ1) is 9.79. The summed E-state index contributed by atoms with van der Waals surface area (Å²) in [5.74, 6) is 0.763. The first kappa shape index (κ1) is 14.9. The zero-order valence-corrected chi connectivity index (χ0v) is 12.8. The van der Waals surface area contributed by atoms with Crippen molar-refractivity contribution in [1.82, 2.24) is 4.98 Å². The molecule has 1 aromatic carbocycles. The maximum atomic E-state index is 11.9. The fourth-order valence-corrected chi connectivity index (χ4v) is 3.00. The predicted octanol–water partition coefficient (Wildman–Crippen LogP) is 3.92. The molecule has 0 radical (unpaired) electrons. The number of hydrogen-bond donors (Lipinski definition) is 1. The number of carbonyl (C=O) groups is 1. The maximum Gasteiger partial charge on any atom is 0.225 e. The highest BCUT2D eigenvalue weighted by Crippen LogP contribution is 2.25. The molecule has 20 heavy (non-hydrogen) atoms. The standard InChI is InChI=1S/C15H16N2OS2/c1-19-13-7-3-2-6-12(13)17-14(18)9-11-20-15-8-4-5-10-16-15/h2-8,10H,9,11H2,1H3,(H,17,18). The van der Waals surface area contributed by atoms with E-state index in [0.29, 0.717) is 6.42 Å². The molecule has 0 aliphatic carbocycles. The van der Waals surface area contributed by atoms with Gasteiger partial charge in [0.15, 0.2) is 0 Å². The van der Waals surface area contributed by atoms with Gasteiger partial charge in [0.05, 0.1) is 10.7 Å². The van der Waals surface area contributed by atoms with Crippen molar-refractivity contribution in [3.63, 3.8) is 0 Å². The number of benzene rings is 1. The van der Waals surface area contributed by atoms with Gasteiger partial charge in [0.1, 0.15) is 0 Å². The highest BCUT2D eigenvalue weighted by atomic mass is 32.2. The molecule has 104 valence electrons. The predicted molar refractivity (Wildman–Crippen MR) is 86.4 cm³/mol. The van der Waals surface area contributed by atoms with Gasteiger partial charge in [0.25, 0.3) is 0 Å². The van der Waals surface area contributed by atoms with Crippen LogP contribution in [0.3, 0.4) is 0 Å². The minimum atomic E-state index is 0.0370. The summed E-state index contributed by atoms with van der Waals surface area (Å²) in [6.07, 6.45) is 4.24. The molecule has 5 heteroatoms. The van der Waals surface area contributed by atoms with Gasteiger partial charge in [-0.15, -0.1) is 23.5 Å². The highest BCUT2D eigenvalue weighted by molar-refractivity contribution is 7.99. The van der Waals surface area contributed by atoms with Crippen molar-refractivity contribution in [2.75, 3.05) is 17.3 Å². The highest BCUT2D eigenvalue weighted by Gasteiger charge is 2.06. The number of anilines is 1. The van der Waals surface area contributed by atoms with E-state index in [1.54, 1.807) is 29.7 Å².